The molecule has 244 valence electrons. The van der Waals surface area contributed by atoms with Crippen molar-refractivity contribution in [3.8, 4) is 11.5 Å². The van der Waals surface area contributed by atoms with E-state index in [1.165, 1.54) is 178 Å². The van der Waals surface area contributed by atoms with E-state index < -0.39 is 0 Å². The first-order chi connectivity index (χ1) is 21.3. The van der Waals surface area contributed by atoms with E-state index in [2.05, 4.69) is 62.4 Å². The average Bonchev–Trinajstić information content (AvgIpc) is 3.03. The molecule has 0 amide bonds. The number of para-hydroxylation sites is 2. The molecule has 1 heteroatoms. The van der Waals surface area contributed by atoms with Gasteiger partial charge in [-0.2, -0.15) is 0 Å². The summed E-state index contributed by atoms with van der Waals surface area (Å²) in [5.41, 5.74) is 2.80. The molecule has 0 aliphatic carbocycles. The largest absolute Gasteiger partial charge is 0.457 e. The molecule has 2 aromatic rings. The highest BCUT2D eigenvalue weighted by atomic mass is 16.5. The van der Waals surface area contributed by atoms with Gasteiger partial charge in [0.15, 0.2) is 0 Å². The number of benzene rings is 2. The van der Waals surface area contributed by atoms with E-state index in [0.717, 1.165) is 24.3 Å². The fourth-order valence-corrected chi connectivity index (χ4v) is 6.44. The first-order valence-corrected chi connectivity index (χ1v) is 19.2. The third-order valence-corrected chi connectivity index (χ3v) is 9.24. The number of ether oxygens (including phenoxy) is 1. The Kier molecular flexibility index (Phi) is 24.2. The van der Waals surface area contributed by atoms with Crippen molar-refractivity contribution in [1.29, 1.82) is 0 Å². The van der Waals surface area contributed by atoms with Crippen LogP contribution in [0.25, 0.3) is 0 Å². The zero-order valence-electron chi connectivity index (χ0n) is 28.8. The second-order valence-electron chi connectivity index (χ2n) is 13.3. The number of unbranched alkanes of at least 4 members (excludes halogenated alkanes) is 24. The summed E-state index contributed by atoms with van der Waals surface area (Å²) in [4.78, 5) is 0. The lowest BCUT2D eigenvalue weighted by Gasteiger charge is -2.16. The van der Waals surface area contributed by atoms with Crippen LogP contribution < -0.4 is 4.74 Å². The molecule has 0 N–H and O–H groups in total. The molecule has 0 aliphatic heterocycles. The van der Waals surface area contributed by atoms with Crippen LogP contribution in [0.15, 0.2) is 48.5 Å². The van der Waals surface area contributed by atoms with E-state index in [0.29, 0.717) is 0 Å². The summed E-state index contributed by atoms with van der Waals surface area (Å²) in [5, 5.41) is 0. The van der Waals surface area contributed by atoms with Crippen LogP contribution in [0.1, 0.15) is 192 Å². The van der Waals surface area contributed by atoms with Gasteiger partial charge in [0.2, 0.25) is 0 Å². The highest BCUT2D eigenvalue weighted by Gasteiger charge is 2.11. The highest BCUT2D eigenvalue weighted by molar-refractivity contribution is 5.44. The summed E-state index contributed by atoms with van der Waals surface area (Å²) in [6.45, 7) is 4.60. The Bertz CT molecular complexity index is 808. The van der Waals surface area contributed by atoms with Gasteiger partial charge in [-0.05, 0) is 48.9 Å². The van der Waals surface area contributed by atoms with Gasteiger partial charge in [0.05, 0.1) is 0 Å². The Labute approximate surface area is 269 Å². The van der Waals surface area contributed by atoms with E-state index >= 15 is 0 Å². The molecule has 0 aliphatic rings. The zero-order chi connectivity index (χ0) is 30.5. The van der Waals surface area contributed by atoms with Crippen LogP contribution in [0.2, 0.25) is 0 Å². The van der Waals surface area contributed by atoms with Crippen molar-refractivity contribution in [2.75, 3.05) is 0 Å². The molecule has 43 heavy (non-hydrogen) atoms. The van der Waals surface area contributed by atoms with Gasteiger partial charge in [0.1, 0.15) is 11.5 Å². The lowest BCUT2D eigenvalue weighted by atomic mass is 9.98. The Balaban J connectivity index is 1.65. The molecule has 0 saturated carbocycles. The van der Waals surface area contributed by atoms with E-state index in [9.17, 15) is 0 Å². The summed E-state index contributed by atoms with van der Waals surface area (Å²) < 4.78 is 6.57. The van der Waals surface area contributed by atoms with E-state index in [-0.39, 0.29) is 0 Å². The second-order valence-corrected chi connectivity index (χ2v) is 13.3. The molecule has 0 fully saturated rings. The lowest BCUT2D eigenvalue weighted by molar-refractivity contribution is 0.465. The van der Waals surface area contributed by atoms with Crippen molar-refractivity contribution in [1.82, 2.24) is 0 Å². The zero-order valence-corrected chi connectivity index (χ0v) is 28.8. The van der Waals surface area contributed by atoms with Gasteiger partial charge in [-0.1, -0.05) is 204 Å². The predicted molar refractivity (Wildman–Crippen MR) is 192 cm³/mol. The highest BCUT2D eigenvalue weighted by Crippen LogP contribution is 2.32. The Morgan fingerprint density at radius 2 is 0.674 bits per heavy atom. The summed E-state index contributed by atoms with van der Waals surface area (Å²) in [6.07, 6.45) is 38.8. The van der Waals surface area contributed by atoms with Crippen LogP contribution >= 0.6 is 0 Å². The fraction of sp³-hybridized carbons (Fsp3) is 0.714. The van der Waals surface area contributed by atoms with Gasteiger partial charge in [0, 0.05) is 0 Å². The van der Waals surface area contributed by atoms with Crippen LogP contribution in [0.4, 0.5) is 0 Å². The van der Waals surface area contributed by atoms with Gasteiger partial charge in [-0.15, -0.1) is 0 Å². The Morgan fingerprint density at radius 3 is 1.02 bits per heavy atom. The monoisotopic (exact) mass is 591 g/mol. The van der Waals surface area contributed by atoms with E-state index in [1.807, 2.05) is 0 Å². The molecular weight excluding hydrogens is 520 g/mol. The average molecular weight is 591 g/mol. The first kappa shape index (κ1) is 37.4. The number of hydrogen-bond acceptors (Lipinski definition) is 1. The maximum absolute atomic E-state index is 6.57. The minimum atomic E-state index is 0.965. The Hall–Kier alpha value is -1.76. The summed E-state index contributed by atoms with van der Waals surface area (Å²) in [5.74, 6) is 2.11. The third-order valence-electron chi connectivity index (χ3n) is 9.24. The van der Waals surface area contributed by atoms with Gasteiger partial charge >= 0.3 is 0 Å². The molecule has 2 rings (SSSR count). The van der Waals surface area contributed by atoms with Crippen molar-refractivity contribution >= 4 is 0 Å². The fourth-order valence-electron chi connectivity index (χ4n) is 6.44. The first-order valence-electron chi connectivity index (χ1n) is 19.2. The lowest BCUT2D eigenvalue weighted by Crippen LogP contribution is -1.98. The van der Waals surface area contributed by atoms with Crippen LogP contribution in [-0.4, -0.2) is 0 Å². The number of aryl methyl sites for hydroxylation is 2. The van der Waals surface area contributed by atoms with Gasteiger partial charge in [-0.25, -0.2) is 0 Å². The smallest absolute Gasteiger partial charge is 0.133 e. The van der Waals surface area contributed by atoms with Crippen molar-refractivity contribution in [3.63, 3.8) is 0 Å². The van der Waals surface area contributed by atoms with Crippen molar-refractivity contribution in [2.24, 2.45) is 0 Å². The normalized spacial score (nSPS) is 11.3. The molecule has 0 bridgehead atoms. The van der Waals surface area contributed by atoms with Crippen LogP contribution in [0, 0.1) is 0 Å². The van der Waals surface area contributed by atoms with Gasteiger partial charge in [-0.3, -0.25) is 0 Å². The van der Waals surface area contributed by atoms with Crippen LogP contribution in [0.5, 0.6) is 11.5 Å². The molecule has 0 heterocycles. The standard InChI is InChI=1S/C42H70O/c1-3-5-7-9-11-13-15-17-19-21-23-25-28-33-39-35-32-36-40(42(39)43-41-37-30-27-31-38-41)34-29-26-24-22-20-18-16-14-12-10-8-6-4-2/h27,30-32,35-38H,3-26,28-29,33-34H2,1-2H3. The van der Waals surface area contributed by atoms with Crippen molar-refractivity contribution < 1.29 is 4.74 Å². The maximum Gasteiger partial charge on any atom is 0.133 e. The number of rotatable bonds is 30. The second kappa shape index (κ2) is 27.8. The molecule has 0 unspecified atom stereocenters. The Morgan fingerprint density at radius 1 is 0.349 bits per heavy atom. The molecule has 1 nitrogen and oxygen atoms in total. The summed E-state index contributed by atoms with van der Waals surface area (Å²) in [7, 11) is 0. The topological polar surface area (TPSA) is 9.23 Å². The molecule has 0 saturated heterocycles. The van der Waals surface area contributed by atoms with Crippen LogP contribution in [-0.2, 0) is 12.8 Å². The van der Waals surface area contributed by atoms with Crippen molar-refractivity contribution in [2.45, 2.75) is 194 Å². The molecule has 0 radical (unpaired) electrons. The molecule has 0 atom stereocenters. The summed E-state index contributed by atoms with van der Waals surface area (Å²) >= 11 is 0. The van der Waals surface area contributed by atoms with E-state index in [4.69, 9.17) is 4.74 Å². The molecule has 0 aromatic heterocycles. The third kappa shape index (κ3) is 20.0. The van der Waals surface area contributed by atoms with Gasteiger partial charge in [0.25, 0.3) is 0 Å². The van der Waals surface area contributed by atoms with Gasteiger partial charge < -0.3 is 4.74 Å². The number of hydrogen-bond donors (Lipinski definition) is 0. The molecular formula is C42H70O. The molecule has 0 spiro atoms. The molecule has 2 aromatic carbocycles. The van der Waals surface area contributed by atoms with E-state index in [1.54, 1.807) is 0 Å². The maximum atomic E-state index is 6.57. The minimum Gasteiger partial charge on any atom is -0.457 e. The summed E-state index contributed by atoms with van der Waals surface area (Å²) in [6, 6.07) is 17.3. The van der Waals surface area contributed by atoms with Crippen LogP contribution in [0.3, 0.4) is 0 Å². The SMILES string of the molecule is CCCCCCCCCCCCCCCc1cccc(CCCCCCCCCCCCCCC)c1Oc1ccccc1. The quantitative estimate of drug-likeness (QED) is 0.0822. The predicted octanol–water partition coefficient (Wildman–Crippen LogP) is 14.7. The van der Waals surface area contributed by atoms with Crippen molar-refractivity contribution in [3.05, 3.63) is 59.7 Å². The minimum absolute atomic E-state index is 0.965.